The van der Waals surface area contributed by atoms with Gasteiger partial charge in [-0.25, -0.2) is 0 Å². The van der Waals surface area contributed by atoms with Crippen LogP contribution in [0.5, 0.6) is 0 Å². The molecule has 116 valence electrons. The van der Waals surface area contributed by atoms with Gasteiger partial charge in [-0.2, -0.15) is 5.10 Å². The molecule has 1 aromatic heterocycles. The van der Waals surface area contributed by atoms with Gasteiger partial charge in [0.1, 0.15) is 0 Å². The highest BCUT2D eigenvalue weighted by atomic mass is 15.3. The molecule has 4 fully saturated rings. The number of nitrogens with one attached hydrogen (secondary N) is 1. The second kappa shape index (κ2) is 5.12. The Labute approximate surface area is 128 Å². The highest BCUT2D eigenvalue weighted by molar-refractivity contribution is 5.20. The first-order valence-electron chi connectivity index (χ1n) is 8.86. The molecule has 0 amide bonds. The van der Waals surface area contributed by atoms with Crippen molar-refractivity contribution in [2.45, 2.75) is 64.5 Å². The van der Waals surface area contributed by atoms with E-state index in [1.54, 1.807) is 6.42 Å². The van der Waals surface area contributed by atoms with E-state index in [-0.39, 0.29) is 0 Å². The molecule has 3 nitrogen and oxygen atoms in total. The first-order valence-corrected chi connectivity index (χ1v) is 8.86. The van der Waals surface area contributed by atoms with Crippen molar-refractivity contribution in [1.29, 1.82) is 0 Å². The van der Waals surface area contributed by atoms with E-state index in [4.69, 9.17) is 0 Å². The lowest BCUT2D eigenvalue weighted by Gasteiger charge is -2.54. The summed E-state index contributed by atoms with van der Waals surface area (Å²) in [6, 6.07) is 0.776. The Morgan fingerprint density at radius 2 is 1.76 bits per heavy atom. The van der Waals surface area contributed by atoms with Crippen LogP contribution in [0.25, 0.3) is 0 Å². The topological polar surface area (TPSA) is 29.9 Å². The zero-order valence-electron chi connectivity index (χ0n) is 13.7. The van der Waals surface area contributed by atoms with Gasteiger partial charge in [-0.05, 0) is 61.7 Å². The third-order valence-corrected chi connectivity index (χ3v) is 6.24. The molecule has 0 atom stereocenters. The van der Waals surface area contributed by atoms with E-state index in [1.807, 2.05) is 11.7 Å². The van der Waals surface area contributed by atoms with Gasteiger partial charge in [-0.15, -0.1) is 0 Å². The van der Waals surface area contributed by atoms with Crippen molar-refractivity contribution in [1.82, 2.24) is 15.1 Å². The minimum Gasteiger partial charge on any atom is -0.309 e. The monoisotopic (exact) mass is 287 g/mol. The predicted octanol–water partition coefficient (Wildman–Crippen LogP) is 3.46. The van der Waals surface area contributed by atoms with Crippen LogP contribution in [-0.4, -0.2) is 15.8 Å². The second-order valence-electron chi connectivity index (χ2n) is 8.21. The van der Waals surface area contributed by atoms with Crippen molar-refractivity contribution in [2.24, 2.45) is 30.7 Å². The fourth-order valence-electron chi connectivity index (χ4n) is 5.66. The summed E-state index contributed by atoms with van der Waals surface area (Å²) in [6.45, 7) is 5.50. The average Bonchev–Trinajstić information content (AvgIpc) is 2.78. The molecule has 0 aliphatic heterocycles. The zero-order valence-corrected chi connectivity index (χ0v) is 13.7. The second-order valence-corrected chi connectivity index (χ2v) is 8.21. The maximum atomic E-state index is 4.64. The molecule has 0 saturated heterocycles. The first kappa shape index (κ1) is 13.8. The third kappa shape index (κ3) is 2.44. The van der Waals surface area contributed by atoms with Crippen LogP contribution in [0.2, 0.25) is 0 Å². The van der Waals surface area contributed by atoms with E-state index in [2.05, 4.69) is 30.5 Å². The van der Waals surface area contributed by atoms with E-state index in [1.165, 1.54) is 36.9 Å². The third-order valence-electron chi connectivity index (χ3n) is 6.24. The summed E-state index contributed by atoms with van der Waals surface area (Å²) in [5, 5.41) is 8.58. The predicted molar refractivity (Wildman–Crippen MR) is 85.0 cm³/mol. The van der Waals surface area contributed by atoms with Crippen LogP contribution in [0, 0.1) is 23.7 Å². The molecule has 4 aliphatic rings. The van der Waals surface area contributed by atoms with Gasteiger partial charge in [0.05, 0.1) is 5.69 Å². The van der Waals surface area contributed by atoms with Crippen LogP contribution in [0.3, 0.4) is 0 Å². The molecule has 3 heteroatoms. The zero-order chi connectivity index (χ0) is 14.6. The molecule has 0 radical (unpaired) electrons. The maximum Gasteiger partial charge on any atom is 0.0694 e. The SMILES string of the molecule is CC(C)c1nn(C)cc1CNC1C2CC3CC(C2)CC1C3. The number of hydrogen-bond donors (Lipinski definition) is 1. The van der Waals surface area contributed by atoms with E-state index < -0.39 is 0 Å². The quantitative estimate of drug-likeness (QED) is 0.919. The fraction of sp³-hybridized carbons (Fsp3) is 0.833. The van der Waals surface area contributed by atoms with Crippen molar-refractivity contribution in [3.8, 4) is 0 Å². The largest absolute Gasteiger partial charge is 0.309 e. The molecule has 4 saturated carbocycles. The lowest BCUT2D eigenvalue weighted by molar-refractivity contribution is -0.0143. The summed E-state index contributed by atoms with van der Waals surface area (Å²) in [7, 11) is 2.04. The molecular weight excluding hydrogens is 258 g/mol. The number of aryl methyl sites for hydroxylation is 1. The Morgan fingerprint density at radius 3 is 2.33 bits per heavy atom. The van der Waals surface area contributed by atoms with Crippen molar-refractivity contribution in [2.75, 3.05) is 0 Å². The fourth-order valence-corrected chi connectivity index (χ4v) is 5.66. The van der Waals surface area contributed by atoms with Crippen LogP contribution in [0.1, 0.15) is 63.1 Å². The Balaban J connectivity index is 1.45. The van der Waals surface area contributed by atoms with Crippen LogP contribution < -0.4 is 5.32 Å². The lowest BCUT2D eigenvalue weighted by Crippen LogP contribution is -2.54. The summed E-state index contributed by atoms with van der Waals surface area (Å²) in [6.07, 6.45) is 9.73. The van der Waals surface area contributed by atoms with Gasteiger partial charge in [0, 0.05) is 31.4 Å². The summed E-state index contributed by atoms with van der Waals surface area (Å²) < 4.78 is 1.98. The molecule has 1 aromatic rings. The number of nitrogens with zero attached hydrogens (tertiary/aromatic N) is 2. The van der Waals surface area contributed by atoms with Gasteiger partial charge in [0.15, 0.2) is 0 Å². The Kier molecular flexibility index (Phi) is 3.36. The molecule has 1 heterocycles. The minimum absolute atomic E-state index is 0.515. The number of rotatable bonds is 4. The molecule has 4 bridgehead atoms. The smallest absolute Gasteiger partial charge is 0.0694 e. The molecule has 0 spiro atoms. The molecule has 1 N–H and O–H groups in total. The highest BCUT2D eigenvalue weighted by Gasteiger charge is 2.47. The molecule has 5 rings (SSSR count). The maximum absolute atomic E-state index is 4.64. The summed E-state index contributed by atoms with van der Waals surface area (Å²) in [5.41, 5.74) is 2.68. The van der Waals surface area contributed by atoms with Crippen LogP contribution >= 0.6 is 0 Å². The molecular formula is C18H29N3. The standard InChI is InChI=1S/C18H29N3/c1-11(2)17-16(10-21(3)20-17)9-19-18-14-5-12-4-13(7-14)8-15(18)6-12/h10-15,18-19H,4-9H2,1-3H3. The van der Waals surface area contributed by atoms with Gasteiger partial charge < -0.3 is 5.32 Å². The molecule has 21 heavy (non-hydrogen) atoms. The summed E-state index contributed by atoms with van der Waals surface area (Å²) in [5.74, 6) is 4.56. The summed E-state index contributed by atoms with van der Waals surface area (Å²) in [4.78, 5) is 0. The van der Waals surface area contributed by atoms with Crippen LogP contribution in [-0.2, 0) is 13.6 Å². The minimum atomic E-state index is 0.515. The van der Waals surface area contributed by atoms with Crippen molar-refractivity contribution in [3.63, 3.8) is 0 Å². The van der Waals surface area contributed by atoms with E-state index in [9.17, 15) is 0 Å². The van der Waals surface area contributed by atoms with Crippen molar-refractivity contribution in [3.05, 3.63) is 17.5 Å². The van der Waals surface area contributed by atoms with Gasteiger partial charge in [-0.1, -0.05) is 13.8 Å². The summed E-state index contributed by atoms with van der Waals surface area (Å²) >= 11 is 0. The lowest BCUT2D eigenvalue weighted by atomic mass is 9.54. The number of aromatic nitrogens is 2. The normalized spacial score (nSPS) is 37.6. The Hall–Kier alpha value is -0.830. The van der Waals surface area contributed by atoms with E-state index in [0.29, 0.717) is 5.92 Å². The highest BCUT2D eigenvalue weighted by Crippen LogP contribution is 2.53. The number of hydrogen-bond acceptors (Lipinski definition) is 2. The van der Waals surface area contributed by atoms with E-state index in [0.717, 1.165) is 36.3 Å². The Morgan fingerprint density at radius 1 is 1.14 bits per heavy atom. The molecule has 0 aromatic carbocycles. The molecule has 4 aliphatic carbocycles. The Bertz CT molecular complexity index is 489. The van der Waals surface area contributed by atoms with Crippen LogP contribution in [0.15, 0.2) is 6.20 Å². The molecule has 0 unspecified atom stereocenters. The van der Waals surface area contributed by atoms with Crippen LogP contribution in [0.4, 0.5) is 0 Å². The van der Waals surface area contributed by atoms with E-state index >= 15 is 0 Å². The van der Waals surface area contributed by atoms with Gasteiger partial charge in [0.2, 0.25) is 0 Å². The van der Waals surface area contributed by atoms with Gasteiger partial charge >= 0.3 is 0 Å². The first-order chi connectivity index (χ1) is 10.1. The van der Waals surface area contributed by atoms with Crippen molar-refractivity contribution >= 4 is 0 Å². The average molecular weight is 287 g/mol. The van der Waals surface area contributed by atoms with Gasteiger partial charge in [0.25, 0.3) is 0 Å². The van der Waals surface area contributed by atoms with Gasteiger partial charge in [-0.3, -0.25) is 4.68 Å². The van der Waals surface area contributed by atoms with Crippen molar-refractivity contribution < 1.29 is 0 Å².